The van der Waals surface area contributed by atoms with Crippen molar-refractivity contribution in [1.29, 1.82) is 0 Å². The van der Waals surface area contributed by atoms with E-state index in [1.54, 1.807) is 6.08 Å². The molecule has 1 N–H and O–H groups in total. The summed E-state index contributed by atoms with van der Waals surface area (Å²) in [5.74, 6) is 0.415. The van der Waals surface area contributed by atoms with Gasteiger partial charge in [-0.15, -0.1) is 0 Å². The summed E-state index contributed by atoms with van der Waals surface area (Å²) in [6.45, 7) is 4.63. The van der Waals surface area contributed by atoms with Crippen molar-refractivity contribution in [3.05, 3.63) is 10.2 Å². The number of hydrogen-bond acceptors (Lipinski definition) is 3. The maximum atomic E-state index is 11.0. The fourth-order valence-corrected chi connectivity index (χ4v) is 7.49. The van der Waals surface area contributed by atoms with Crippen LogP contribution in [-0.2, 0) is 9.53 Å². The number of rotatable bonds is 4. The summed E-state index contributed by atoms with van der Waals surface area (Å²) < 4.78 is 7.68. The third kappa shape index (κ3) is 2.13. The van der Waals surface area contributed by atoms with Crippen molar-refractivity contribution in [2.45, 2.75) is 43.7 Å². The van der Waals surface area contributed by atoms with Crippen LogP contribution in [0.15, 0.2) is 10.2 Å². The van der Waals surface area contributed by atoms with Crippen molar-refractivity contribution in [2.24, 2.45) is 16.7 Å². The zero-order chi connectivity index (χ0) is 13.4. The normalized spacial score (nSPS) is 37.3. The van der Waals surface area contributed by atoms with E-state index in [2.05, 4.69) is 18.6 Å². The number of methoxy groups -OCH3 is 1. The second-order valence-electron chi connectivity index (χ2n) is 6.00. The molecule has 2 fully saturated rings. The van der Waals surface area contributed by atoms with Crippen LogP contribution < -0.4 is 0 Å². The van der Waals surface area contributed by atoms with Gasteiger partial charge >= 0.3 is 119 Å². The molecule has 0 spiro atoms. The molecule has 3 atom stereocenters. The molecule has 0 saturated heterocycles. The first-order chi connectivity index (χ1) is 8.44. The van der Waals surface area contributed by atoms with Crippen LogP contribution in [0.5, 0.6) is 0 Å². The third-order valence-corrected chi connectivity index (χ3v) is 8.11. The van der Waals surface area contributed by atoms with E-state index < -0.39 is 0 Å². The molecule has 0 heterocycles. The summed E-state index contributed by atoms with van der Waals surface area (Å²) in [6.07, 6.45) is 4.80. The van der Waals surface area contributed by atoms with Gasteiger partial charge in [0, 0.05) is 0 Å². The van der Waals surface area contributed by atoms with Crippen LogP contribution in [0.2, 0.25) is 4.47 Å². The van der Waals surface area contributed by atoms with Gasteiger partial charge in [0.2, 0.25) is 0 Å². The molecular weight excluding hydrogens is 344 g/mol. The minimum absolute atomic E-state index is 0.111. The molecule has 2 aliphatic rings. The van der Waals surface area contributed by atoms with Crippen LogP contribution in [0, 0.1) is 16.7 Å². The monoisotopic (exact) mass is 368 g/mol. The number of ether oxygens (including phenoxy) is 1. The van der Waals surface area contributed by atoms with Crippen LogP contribution >= 0.6 is 0 Å². The summed E-state index contributed by atoms with van der Waals surface area (Å²) >= 11 is -0.371. The number of hydrogen-bond donors (Lipinski definition) is 1. The molecule has 0 aromatic carbocycles. The average molecular weight is 366 g/mol. The molecule has 0 aromatic heterocycles. The number of fused-ring (bicyclic) bond motifs is 2. The van der Waals surface area contributed by atoms with Crippen molar-refractivity contribution >= 4 is 26.9 Å². The SMILES string of the molecule is COC(=O)/C=C\[Te]C[C@]12CC[C@H](C[C@H]1O)C2(C)C. The van der Waals surface area contributed by atoms with Gasteiger partial charge in [0.25, 0.3) is 0 Å². The van der Waals surface area contributed by atoms with Gasteiger partial charge < -0.3 is 0 Å². The van der Waals surface area contributed by atoms with Gasteiger partial charge in [-0.3, -0.25) is 0 Å². The quantitative estimate of drug-likeness (QED) is 0.471. The first-order valence-corrected chi connectivity index (χ1v) is 9.47. The molecular formula is C14H22O3Te. The molecule has 2 saturated carbocycles. The van der Waals surface area contributed by atoms with Gasteiger partial charge in [-0.05, 0) is 0 Å². The Morgan fingerprint density at radius 1 is 1.56 bits per heavy atom. The molecule has 2 rings (SSSR count). The first-order valence-electron chi connectivity index (χ1n) is 6.48. The van der Waals surface area contributed by atoms with Crippen molar-refractivity contribution in [1.82, 2.24) is 0 Å². The summed E-state index contributed by atoms with van der Waals surface area (Å²) in [5, 5.41) is 10.4. The Morgan fingerprint density at radius 3 is 2.78 bits per heavy atom. The molecule has 0 unspecified atom stereocenters. The second-order valence-corrected chi connectivity index (χ2v) is 8.55. The predicted octanol–water partition coefficient (Wildman–Crippen LogP) is 1.98. The molecule has 0 aliphatic heterocycles. The topological polar surface area (TPSA) is 46.5 Å². The summed E-state index contributed by atoms with van der Waals surface area (Å²) in [6, 6.07) is 0. The van der Waals surface area contributed by atoms with Crippen molar-refractivity contribution in [3.63, 3.8) is 0 Å². The molecule has 2 aliphatic carbocycles. The van der Waals surface area contributed by atoms with Gasteiger partial charge in [-0.1, -0.05) is 0 Å². The zero-order valence-electron chi connectivity index (χ0n) is 11.3. The number of aliphatic hydroxyl groups excluding tert-OH is 1. The van der Waals surface area contributed by atoms with E-state index >= 15 is 0 Å². The van der Waals surface area contributed by atoms with E-state index in [0.29, 0.717) is 5.92 Å². The number of carbonyl (C=O) groups excluding carboxylic acids is 1. The van der Waals surface area contributed by atoms with Gasteiger partial charge in [-0.2, -0.15) is 0 Å². The minimum atomic E-state index is -0.371. The molecule has 18 heavy (non-hydrogen) atoms. The van der Waals surface area contributed by atoms with Crippen molar-refractivity contribution in [2.75, 3.05) is 7.11 Å². The van der Waals surface area contributed by atoms with Crippen LogP contribution in [0.1, 0.15) is 33.1 Å². The fraction of sp³-hybridized carbons (Fsp3) is 0.786. The third-order valence-electron chi connectivity index (χ3n) is 5.23. The van der Waals surface area contributed by atoms with Gasteiger partial charge in [0.1, 0.15) is 0 Å². The number of carbonyl (C=O) groups is 1. The van der Waals surface area contributed by atoms with Crippen molar-refractivity contribution < 1.29 is 14.6 Å². The number of esters is 1. The Bertz CT molecular complexity index is 364. The summed E-state index contributed by atoms with van der Waals surface area (Å²) in [7, 11) is 1.40. The number of aliphatic hydroxyl groups is 1. The summed E-state index contributed by atoms with van der Waals surface area (Å²) in [4.78, 5) is 11.0. The van der Waals surface area contributed by atoms with Crippen LogP contribution in [0.3, 0.4) is 0 Å². The molecule has 3 nitrogen and oxygen atoms in total. The van der Waals surface area contributed by atoms with E-state index in [9.17, 15) is 9.90 Å². The molecule has 0 aromatic rings. The van der Waals surface area contributed by atoms with Gasteiger partial charge in [-0.25, -0.2) is 0 Å². The standard InChI is InChI=1S/C14H22O3Te/c1-13(2)10-4-6-14(13,11(15)8-10)9-18-7-5-12(16)17-3/h5,7,10-11,15H,4,6,8-9H2,1-3H3/b7-5-/t10-,11-,14-/m1/s1. The van der Waals surface area contributed by atoms with E-state index in [-0.39, 0.29) is 43.8 Å². The van der Waals surface area contributed by atoms with E-state index in [4.69, 9.17) is 0 Å². The first kappa shape index (κ1) is 14.4. The van der Waals surface area contributed by atoms with E-state index in [1.165, 1.54) is 13.5 Å². The Labute approximate surface area is 119 Å². The summed E-state index contributed by atoms with van der Waals surface area (Å²) in [5.41, 5.74) is 0.372. The Kier molecular flexibility index (Phi) is 4.11. The van der Waals surface area contributed by atoms with Crippen LogP contribution in [0.25, 0.3) is 0 Å². The predicted molar refractivity (Wildman–Crippen MR) is 71.3 cm³/mol. The van der Waals surface area contributed by atoms with Crippen molar-refractivity contribution in [3.8, 4) is 0 Å². The van der Waals surface area contributed by atoms with Gasteiger partial charge in [0.05, 0.1) is 0 Å². The molecule has 0 amide bonds. The fourth-order valence-electron chi connectivity index (χ4n) is 3.75. The molecule has 2 bridgehead atoms. The van der Waals surface area contributed by atoms with E-state index in [1.807, 2.05) is 4.12 Å². The Balaban J connectivity index is 1.99. The molecule has 102 valence electrons. The van der Waals surface area contributed by atoms with Crippen LogP contribution in [0.4, 0.5) is 0 Å². The zero-order valence-corrected chi connectivity index (χ0v) is 13.6. The average Bonchev–Trinajstić information content (AvgIpc) is 2.68. The van der Waals surface area contributed by atoms with Gasteiger partial charge in [0.15, 0.2) is 0 Å². The Hall–Kier alpha value is -0.0404. The molecule has 4 heteroatoms. The Morgan fingerprint density at radius 2 is 2.28 bits per heavy atom. The maximum absolute atomic E-state index is 11.0. The van der Waals surface area contributed by atoms with E-state index in [0.717, 1.165) is 17.3 Å². The molecule has 0 radical (unpaired) electrons. The second kappa shape index (κ2) is 5.15. The van der Waals surface area contributed by atoms with Crippen LogP contribution in [-0.4, -0.2) is 45.2 Å².